The van der Waals surface area contributed by atoms with Gasteiger partial charge in [0.1, 0.15) is 0 Å². The molecule has 3 heteroatoms. The summed E-state index contributed by atoms with van der Waals surface area (Å²) in [5.74, 6) is 0. The van der Waals surface area contributed by atoms with E-state index in [1.807, 2.05) is 9.92 Å². The lowest BCUT2D eigenvalue weighted by molar-refractivity contribution is 0.777. The molecule has 0 aliphatic carbocycles. The normalized spacial score (nSPS) is 33.0. The Morgan fingerprint density at radius 2 is 1.68 bits per heavy atom. The summed E-state index contributed by atoms with van der Waals surface area (Å²) in [5.41, 5.74) is 2.81. The lowest BCUT2D eigenvalue weighted by Gasteiger charge is -2.25. The van der Waals surface area contributed by atoms with E-state index in [2.05, 4.69) is 56.4 Å². The first-order valence-electron chi connectivity index (χ1n) is 8.73. The summed E-state index contributed by atoms with van der Waals surface area (Å²) in [4.78, 5) is 0. The zero-order valence-corrected chi connectivity index (χ0v) is 16.5. The van der Waals surface area contributed by atoms with Gasteiger partial charge in [0.15, 0.2) is 0 Å². The van der Waals surface area contributed by atoms with Crippen molar-refractivity contribution >= 4 is 47.2 Å². The summed E-state index contributed by atoms with van der Waals surface area (Å²) in [6.07, 6.45) is 7.30. The molecule has 0 radical (unpaired) electrons. The van der Waals surface area contributed by atoms with E-state index in [1.54, 1.807) is 10.1 Å². The first-order chi connectivity index (χ1) is 10.7. The van der Waals surface area contributed by atoms with Crippen LogP contribution in [-0.2, 0) is 0 Å². The van der Waals surface area contributed by atoms with E-state index >= 15 is 0 Å². The van der Waals surface area contributed by atoms with Crippen LogP contribution in [0.3, 0.4) is 0 Å². The highest BCUT2D eigenvalue weighted by Crippen LogP contribution is 2.59. The molecule has 4 atom stereocenters. The topological polar surface area (TPSA) is 0 Å². The molecule has 1 aromatic carbocycles. The summed E-state index contributed by atoms with van der Waals surface area (Å²) in [6, 6.07) is 9.27. The minimum atomic E-state index is 0.0693. The maximum Gasteiger partial charge on any atom is 0.0372 e. The van der Waals surface area contributed by atoms with Crippen molar-refractivity contribution in [1.82, 2.24) is 0 Å². The maximum atomic E-state index is 2.52. The average molecular weight is 348 g/mol. The van der Waals surface area contributed by atoms with Gasteiger partial charge in [-0.15, -0.1) is 11.3 Å². The second kappa shape index (κ2) is 6.16. The van der Waals surface area contributed by atoms with E-state index in [9.17, 15) is 0 Å². The van der Waals surface area contributed by atoms with Crippen LogP contribution < -0.4 is 9.92 Å². The van der Waals surface area contributed by atoms with Crippen molar-refractivity contribution in [2.75, 3.05) is 6.16 Å². The Labute approximate surface area is 141 Å². The van der Waals surface area contributed by atoms with Crippen molar-refractivity contribution in [3.8, 4) is 0 Å². The molecule has 1 unspecified atom stereocenters. The van der Waals surface area contributed by atoms with Crippen molar-refractivity contribution in [2.45, 2.75) is 63.4 Å². The molecule has 2 aliphatic heterocycles. The second-order valence-electron chi connectivity index (χ2n) is 7.12. The van der Waals surface area contributed by atoms with E-state index in [-0.39, 0.29) is 15.8 Å². The van der Waals surface area contributed by atoms with Crippen LogP contribution in [-0.4, -0.2) is 23.1 Å². The van der Waals surface area contributed by atoms with Gasteiger partial charge in [-0.3, -0.25) is 0 Å². The smallest absolute Gasteiger partial charge is 0.0372 e. The standard InChI is InChI=1S/C19H26P2S/c1-13-7-6-12-20(13)18-16-8-4-5-9-17(16)22-19(18)21-14(2)10-11-15(21)3/h4-5,8-9,13-15H,6-7,10-12H2,1-3H3/t13-,14-,15-,20?/m0/s1. The lowest BCUT2D eigenvalue weighted by Crippen LogP contribution is -2.23. The summed E-state index contributed by atoms with van der Waals surface area (Å²) in [5, 5.41) is 3.48. The van der Waals surface area contributed by atoms with E-state index in [0.717, 1.165) is 17.0 Å². The van der Waals surface area contributed by atoms with Gasteiger partial charge in [0.2, 0.25) is 0 Å². The van der Waals surface area contributed by atoms with Crippen LogP contribution in [0.25, 0.3) is 10.1 Å². The third kappa shape index (κ3) is 2.49. The zero-order valence-electron chi connectivity index (χ0n) is 13.9. The van der Waals surface area contributed by atoms with Gasteiger partial charge in [-0.25, -0.2) is 0 Å². The van der Waals surface area contributed by atoms with E-state index in [4.69, 9.17) is 0 Å². The predicted octanol–water partition coefficient (Wildman–Crippen LogP) is 5.87. The molecule has 1 aromatic heterocycles. The number of fused-ring (bicyclic) bond motifs is 1. The van der Waals surface area contributed by atoms with Crippen LogP contribution in [0, 0.1) is 0 Å². The molecule has 0 N–H and O–H groups in total. The Kier molecular flexibility index (Phi) is 4.36. The van der Waals surface area contributed by atoms with Gasteiger partial charge in [0.25, 0.3) is 0 Å². The predicted molar refractivity (Wildman–Crippen MR) is 107 cm³/mol. The van der Waals surface area contributed by atoms with Gasteiger partial charge in [-0.2, -0.15) is 0 Å². The van der Waals surface area contributed by atoms with Crippen molar-refractivity contribution < 1.29 is 0 Å². The zero-order chi connectivity index (χ0) is 15.3. The van der Waals surface area contributed by atoms with Crippen LogP contribution in [0.4, 0.5) is 0 Å². The Morgan fingerprint density at radius 1 is 0.955 bits per heavy atom. The van der Waals surface area contributed by atoms with Gasteiger partial charge in [-0.05, 0) is 54.9 Å². The van der Waals surface area contributed by atoms with Gasteiger partial charge in [-0.1, -0.05) is 54.8 Å². The molecule has 0 spiro atoms. The molecule has 4 rings (SSSR count). The molecule has 0 saturated carbocycles. The largest absolute Gasteiger partial charge is 0.135 e. The molecular weight excluding hydrogens is 322 g/mol. The third-order valence-electron chi connectivity index (χ3n) is 5.58. The molecule has 22 heavy (non-hydrogen) atoms. The number of rotatable bonds is 2. The monoisotopic (exact) mass is 348 g/mol. The number of hydrogen-bond donors (Lipinski definition) is 0. The quantitative estimate of drug-likeness (QED) is 0.596. The van der Waals surface area contributed by atoms with E-state index in [0.29, 0.717) is 0 Å². The van der Waals surface area contributed by atoms with Crippen LogP contribution in [0.1, 0.15) is 46.5 Å². The average Bonchev–Trinajstić information content (AvgIpc) is 3.16. The molecule has 2 fully saturated rings. The lowest BCUT2D eigenvalue weighted by atomic mass is 10.2. The summed E-state index contributed by atoms with van der Waals surface area (Å²) >= 11 is 2.16. The molecule has 0 nitrogen and oxygen atoms in total. The van der Waals surface area contributed by atoms with Crippen molar-refractivity contribution in [1.29, 1.82) is 0 Å². The van der Waals surface area contributed by atoms with Crippen molar-refractivity contribution in [2.24, 2.45) is 0 Å². The summed E-state index contributed by atoms with van der Waals surface area (Å²) in [6.45, 7) is 7.56. The molecule has 2 saturated heterocycles. The van der Waals surface area contributed by atoms with Gasteiger partial charge >= 0.3 is 0 Å². The van der Waals surface area contributed by atoms with E-state index < -0.39 is 0 Å². The van der Waals surface area contributed by atoms with E-state index in [1.165, 1.54) is 31.8 Å². The van der Waals surface area contributed by atoms with Crippen LogP contribution >= 0.6 is 27.2 Å². The van der Waals surface area contributed by atoms with Crippen molar-refractivity contribution in [3.05, 3.63) is 24.3 Å². The molecular formula is C19H26P2S. The molecule has 0 bridgehead atoms. The Bertz CT molecular complexity index is 667. The highest BCUT2D eigenvalue weighted by atomic mass is 32.1. The molecule has 118 valence electrons. The SMILES string of the molecule is C[C@H]1CCCP1c1c(P2[C@@H](C)CC[C@@H]2C)sc2ccccc12. The maximum absolute atomic E-state index is 2.52. The molecule has 3 heterocycles. The highest BCUT2D eigenvalue weighted by Gasteiger charge is 2.37. The fourth-order valence-corrected chi connectivity index (χ4v) is 14.0. The summed E-state index contributed by atoms with van der Waals surface area (Å²) in [7, 11) is 0.157. The fourth-order valence-electron chi connectivity index (χ4n) is 4.33. The first-order valence-corrected chi connectivity index (χ1v) is 12.6. The molecule has 2 aliphatic rings. The Morgan fingerprint density at radius 3 is 2.36 bits per heavy atom. The molecule has 2 aromatic rings. The fraction of sp³-hybridized carbons (Fsp3) is 0.579. The van der Waals surface area contributed by atoms with Crippen LogP contribution in [0.2, 0.25) is 0 Å². The summed E-state index contributed by atoms with van der Waals surface area (Å²) < 4.78 is 3.41. The number of thiophene rings is 1. The minimum absolute atomic E-state index is 0.0693. The highest BCUT2D eigenvalue weighted by molar-refractivity contribution is 7.78. The van der Waals surface area contributed by atoms with Crippen molar-refractivity contribution in [3.63, 3.8) is 0 Å². The number of hydrogen-bond acceptors (Lipinski definition) is 1. The van der Waals surface area contributed by atoms with Gasteiger partial charge in [0.05, 0.1) is 0 Å². The Hall–Kier alpha value is 0.0400. The first kappa shape index (κ1) is 15.6. The number of benzene rings is 1. The second-order valence-corrected chi connectivity index (χ2v) is 14.2. The van der Waals surface area contributed by atoms with Crippen LogP contribution in [0.15, 0.2) is 24.3 Å². The molecule has 0 amide bonds. The van der Waals surface area contributed by atoms with Crippen LogP contribution in [0.5, 0.6) is 0 Å². The minimum Gasteiger partial charge on any atom is -0.135 e. The third-order valence-corrected chi connectivity index (χ3v) is 14.1. The van der Waals surface area contributed by atoms with Gasteiger partial charge in [0, 0.05) is 20.0 Å². The van der Waals surface area contributed by atoms with Gasteiger partial charge < -0.3 is 0 Å². The Balaban J connectivity index is 1.90.